The molecule has 0 atom stereocenters. The van der Waals surface area contributed by atoms with Gasteiger partial charge in [0.15, 0.2) is 11.3 Å². The van der Waals surface area contributed by atoms with E-state index in [0.717, 1.165) is 25.2 Å². The van der Waals surface area contributed by atoms with E-state index < -0.39 is 5.56 Å². The van der Waals surface area contributed by atoms with Crippen LogP contribution < -0.4 is 5.56 Å². The molecule has 1 aliphatic heterocycles. The molecule has 0 aliphatic carbocycles. The molecule has 4 aromatic rings. The van der Waals surface area contributed by atoms with Crippen molar-refractivity contribution in [3.8, 4) is 0 Å². The number of aromatic nitrogens is 3. The third-order valence-corrected chi connectivity index (χ3v) is 6.00. The first kappa shape index (κ1) is 21.0. The number of amides is 1. The molecule has 1 aliphatic rings. The lowest BCUT2D eigenvalue weighted by molar-refractivity contribution is 0.0620. The van der Waals surface area contributed by atoms with Crippen LogP contribution in [0.3, 0.4) is 0 Å². The van der Waals surface area contributed by atoms with Crippen LogP contribution >= 0.6 is 0 Å². The average Bonchev–Trinajstić information content (AvgIpc) is 2.87. The Balaban J connectivity index is 1.39. The number of benzene rings is 2. The van der Waals surface area contributed by atoms with Crippen LogP contribution in [0, 0.1) is 0 Å². The van der Waals surface area contributed by atoms with Crippen molar-refractivity contribution < 1.29 is 4.79 Å². The fraction of sp³-hybridized carbons (Fsp3) is 0.231. The van der Waals surface area contributed by atoms with Crippen LogP contribution in [0.5, 0.6) is 0 Å². The highest BCUT2D eigenvalue weighted by atomic mass is 16.2. The number of hydrogen-bond donors (Lipinski definition) is 0. The molecule has 0 N–H and O–H groups in total. The van der Waals surface area contributed by atoms with Gasteiger partial charge in [-0.15, -0.1) is 0 Å². The minimum Gasteiger partial charge on any atom is -0.335 e. The second kappa shape index (κ2) is 9.34. The van der Waals surface area contributed by atoms with Crippen LogP contribution in [-0.4, -0.2) is 56.4 Å². The van der Waals surface area contributed by atoms with Crippen molar-refractivity contribution in [1.29, 1.82) is 0 Å². The monoisotopic (exact) mass is 439 g/mol. The van der Waals surface area contributed by atoms with E-state index in [-0.39, 0.29) is 11.6 Å². The summed E-state index contributed by atoms with van der Waals surface area (Å²) in [7, 11) is 0. The van der Waals surface area contributed by atoms with Crippen molar-refractivity contribution in [3.05, 3.63) is 106 Å². The maximum atomic E-state index is 13.4. The van der Waals surface area contributed by atoms with Gasteiger partial charge in [-0.1, -0.05) is 60.7 Å². The molecule has 7 nitrogen and oxygen atoms in total. The minimum atomic E-state index is -0.401. The highest BCUT2D eigenvalue weighted by Crippen LogP contribution is 2.13. The molecule has 1 fully saturated rings. The van der Waals surface area contributed by atoms with E-state index in [0.29, 0.717) is 30.8 Å². The molecule has 3 heterocycles. The van der Waals surface area contributed by atoms with Gasteiger partial charge in [0.1, 0.15) is 5.52 Å². The van der Waals surface area contributed by atoms with E-state index in [1.807, 2.05) is 48.5 Å². The van der Waals surface area contributed by atoms with Crippen molar-refractivity contribution >= 4 is 17.1 Å². The molecule has 0 radical (unpaired) electrons. The maximum Gasteiger partial charge on any atom is 0.284 e. The van der Waals surface area contributed by atoms with Crippen molar-refractivity contribution in [3.63, 3.8) is 0 Å². The summed E-state index contributed by atoms with van der Waals surface area (Å²) in [4.78, 5) is 39.6. The summed E-state index contributed by atoms with van der Waals surface area (Å²) < 4.78 is 1.55. The number of pyridine rings is 1. The van der Waals surface area contributed by atoms with Crippen LogP contribution in [0.1, 0.15) is 21.6 Å². The summed E-state index contributed by atoms with van der Waals surface area (Å²) >= 11 is 0. The van der Waals surface area contributed by atoms with Crippen LogP contribution in [0.4, 0.5) is 0 Å². The molecule has 1 saturated heterocycles. The van der Waals surface area contributed by atoms with Gasteiger partial charge in [-0.25, -0.2) is 9.97 Å². The van der Waals surface area contributed by atoms with Crippen LogP contribution in [-0.2, 0) is 13.1 Å². The van der Waals surface area contributed by atoms with Crippen LogP contribution in [0.2, 0.25) is 0 Å². The van der Waals surface area contributed by atoms with E-state index >= 15 is 0 Å². The van der Waals surface area contributed by atoms with E-state index in [2.05, 4.69) is 27.0 Å². The lowest BCUT2D eigenvalue weighted by Gasteiger charge is -2.34. The fourth-order valence-corrected chi connectivity index (χ4v) is 4.23. The Morgan fingerprint density at radius 3 is 2.09 bits per heavy atom. The standard InChI is InChI=1S/C26H25N5O2/c32-25(30-16-14-29(15-17-30)18-20-8-3-1-4-9-20)23-26(33)31(19-21-10-5-2-6-11-21)24-22(28-23)12-7-13-27-24/h1-13H,14-19H2. The Kier molecular flexibility index (Phi) is 5.95. The van der Waals surface area contributed by atoms with E-state index in [4.69, 9.17) is 0 Å². The number of carbonyl (C=O) groups excluding carboxylic acids is 1. The molecule has 0 unspecified atom stereocenters. The smallest absolute Gasteiger partial charge is 0.284 e. The topological polar surface area (TPSA) is 71.3 Å². The van der Waals surface area contributed by atoms with Crippen molar-refractivity contribution in [2.24, 2.45) is 0 Å². The predicted molar refractivity (Wildman–Crippen MR) is 127 cm³/mol. The highest BCUT2D eigenvalue weighted by Gasteiger charge is 2.26. The Hall–Kier alpha value is -3.84. The SMILES string of the molecule is O=C(c1nc2cccnc2n(Cc2ccccc2)c1=O)N1CCN(Cc2ccccc2)CC1. The van der Waals surface area contributed by atoms with Gasteiger partial charge in [-0.05, 0) is 23.3 Å². The molecule has 33 heavy (non-hydrogen) atoms. The number of fused-ring (bicyclic) bond motifs is 1. The first-order valence-corrected chi connectivity index (χ1v) is 11.1. The molecule has 0 saturated carbocycles. The molecule has 0 bridgehead atoms. The highest BCUT2D eigenvalue weighted by molar-refractivity contribution is 5.93. The van der Waals surface area contributed by atoms with Crippen molar-refractivity contribution in [1.82, 2.24) is 24.3 Å². The Bertz CT molecular complexity index is 1310. The minimum absolute atomic E-state index is 0.0389. The Morgan fingerprint density at radius 2 is 1.42 bits per heavy atom. The third kappa shape index (κ3) is 4.54. The normalized spacial score (nSPS) is 14.5. The van der Waals surface area contributed by atoms with E-state index in [1.165, 1.54) is 5.56 Å². The number of piperazine rings is 1. The number of hydrogen-bond acceptors (Lipinski definition) is 5. The van der Waals surface area contributed by atoms with E-state index in [1.54, 1.807) is 27.8 Å². The van der Waals surface area contributed by atoms with Crippen LogP contribution in [0.25, 0.3) is 11.2 Å². The van der Waals surface area contributed by atoms with Gasteiger partial charge >= 0.3 is 0 Å². The second-order valence-electron chi connectivity index (χ2n) is 8.24. The third-order valence-electron chi connectivity index (χ3n) is 6.00. The largest absolute Gasteiger partial charge is 0.335 e. The average molecular weight is 440 g/mol. The molecule has 1 amide bonds. The molecule has 5 rings (SSSR count). The van der Waals surface area contributed by atoms with Gasteiger partial charge in [-0.3, -0.25) is 19.1 Å². The molecular weight excluding hydrogens is 414 g/mol. The fourth-order valence-electron chi connectivity index (χ4n) is 4.23. The molecular formula is C26H25N5O2. The van der Waals surface area contributed by atoms with Gasteiger partial charge in [0.2, 0.25) is 0 Å². The molecule has 7 heteroatoms. The van der Waals surface area contributed by atoms with Gasteiger partial charge in [0, 0.05) is 38.9 Å². The number of nitrogens with zero attached hydrogens (tertiary/aromatic N) is 5. The number of carbonyl (C=O) groups is 1. The lowest BCUT2D eigenvalue weighted by Crippen LogP contribution is -2.49. The molecule has 2 aromatic heterocycles. The zero-order chi connectivity index (χ0) is 22.6. The van der Waals surface area contributed by atoms with Gasteiger partial charge in [0.05, 0.1) is 6.54 Å². The molecule has 166 valence electrons. The summed E-state index contributed by atoms with van der Waals surface area (Å²) in [5.41, 5.74) is 2.80. The summed E-state index contributed by atoms with van der Waals surface area (Å²) in [6.07, 6.45) is 1.64. The zero-order valence-electron chi connectivity index (χ0n) is 18.3. The first-order chi connectivity index (χ1) is 16.2. The quantitative estimate of drug-likeness (QED) is 0.478. The Morgan fingerprint density at radius 1 is 0.788 bits per heavy atom. The zero-order valence-corrected chi connectivity index (χ0v) is 18.3. The number of rotatable bonds is 5. The van der Waals surface area contributed by atoms with E-state index in [9.17, 15) is 9.59 Å². The molecule has 0 spiro atoms. The second-order valence-corrected chi connectivity index (χ2v) is 8.24. The van der Waals surface area contributed by atoms with Crippen LogP contribution in [0.15, 0.2) is 83.8 Å². The van der Waals surface area contributed by atoms with Crippen molar-refractivity contribution in [2.45, 2.75) is 13.1 Å². The predicted octanol–water partition coefficient (Wildman–Crippen LogP) is 2.80. The lowest BCUT2D eigenvalue weighted by atomic mass is 10.2. The van der Waals surface area contributed by atoms with Crippen molar-refractivity contribution in [2.75, 3.05) is 26.2 Å². The maximum absolute atomic E-state index is 13.4. The summed E-state index contributed by atoms with van der Waals surface area (Å²) in [5, 5.41) is 0. The van der Waals surface area contributed by atoms with Gasteiger partial charge in [-0.2, -0.15) is 0 Å². The van der Waals surface area contributed by atoms with Gasteiger partial charge in [0.25, 0.3) is 11.5 Å². The summed E-state index contributed by atoms with van der Waals surface area (Å²) in [6.45, 7) is 3.84. The summed E-state index contributed by atoms with van der Waals surface area (Å²) in [6, 6.07) is 23.6. The van der Waals surface area contributed by atoms with Gasteiger partial charge < -0.3 is 4.90 Å². The Labute approximate surface area is 191 Å². The molecule has 2 aromatic carbocycles. The first-order valence-electron chi connectivity index (χ1n) is 11.1. The summed E-state index contributed by atoms with van der Waals surface area (Å²) in [5.74, 6) is -0.313.